The van der Waals surface area contributed by atoms with Crippen molar-refractivity contribution >= 4 is 0 Å². The van der Waals surface area contributed by atoms with E-state index in [1.54, 1.807) is 0 Å². The SMILES string of the molecule is C/C=C/CC(C)(C)/C(C)=C(\C)C1=C[C@H](O)C[C@@H](C)C1CCC. The average molecular weight is 305 g/mol. The van der Waals surface area contributed by atoms with Gasteiger partial charge >= 0.3 is 0 Å². The van der Waals surface area contributed by atoms with Crippen LogP contribution in [0.2, 0.25) is 0 Å². The molecular formula is C21H36O. The summed E-state index contributed by atoms with van der Waals surface area (Å²) in [7, 11) is 0. The molecule has 0 aromatic carbocycles. The van der Waals surface area contributed by atoms with Gasteiger partial charge in [-0.2, -0.15) is 0 Å². The number of aliphatic hydroxyl groups excluding tert-OH is 1. The number of aliphatic hydroxyl groups is 1. The molecule has 3 atom stereocenters. The minimum absolute atomic E-state index is 0.167. The molecule has 1 unspecified atom stereocenters. The largest absolute Gasteiger partial charge is 0.389 e. The second-order valence-corrected chi connectivity index (χ2v) is 7.70. The molecule has 0 heterocycles. The third kappa shape index (κ3) is 4.59. The Morgan fingerprint density at radius 3 is 2.55 bits per heavy atom. The first-order chi connectivity index (χ1) is 10.2. The Hall–Kier alpha value is -0.820. The number of hydrogen-bond acceptors (Lipinski definition) is 1. The molecule has 0 aromatic heterocycles. The van der Waals surface area contributed by atoms with Gasteiger partial charge in [-0.15, -0.1) is 0 Å². The van der Waals surface area contributed by atoms with Crippen LogP contribution in [0.4, 0.5) is 0 Å². The highest BCUT2D eigenvalue weighted by Crippen LogP contribution is 2.42. The maximum Gasteiger partial charge on any atom is 0.0729 e. The molecule has 1 aliphatic carbocycles. The topological polar surface area (TPSA) is 20.2 Å². The summed E-state index contributed by atoms with van der Waals surface area (Å²) >= 11 is 0. The van der Waals surface area contributed by atoms with E-state index in [-0.39, 0.29) is 11.5 Å². The first kappa shape index (κ1) is 19.2. The first-order valence-electron chi connectivity index (χ1n) is 8.93. The van der Waals surface area contributed by atoms with Gasteiger partial charge in [-0.1, -0.05) is 57.9 Å². The highest BCUT2D eigenvalue weighted by molar-refractivity contribution is 5.39. The van der Waals surface area contributed by atoms with Gasteiger partial charge in [0.2, 0.25) is 0 Å². The fourth-order valence-electron chi connectivity index (χ4n) is 3.69. The van der Waals surface area contributed by atoms with Crippen molar-refractivity contribution in [2.24, 2.45) is 17.3 Å². The molecule has 22 heavy (non-hydrogen) atoms. The molecule has 0 bridgehead atoms. The van der Waals surface area contributed by atoms with Crippen LogP contribution < -0.4 is 0 Å². The van der Waals surface area contributed by atoms with E-state index in [2.05, 4.69) is 66.7 Å². The van der Waals surface area contributed by atoms with Crippen molar-refractivity contribution < 1.29 is 5.11 Å². The summed E-state index contributed by atoms with van der Waals surface area (Å²) in [6.07, 6.45) is 10.6. The van der Waals surface area contributed by atoms with Crippen molar-refractivity contribution in [2.75, 3.05) is 0 Å². The molecule has 1 rings (SSSR count). The minimum Gasteiger partial charge on any atom is -0.389 e. The van der Waals surface area contributed by atoms with Crippen LogP contribution in [0.1, 0.15) is 74.1 Å². The third-order valence-electron chi connectivity index (χ3n) is 5.55. The molecule has 0 aromatic rings. The average Bonchev–Trinajstić information content (AvgIpc) is 2.46. The maximum absolute atomic E-state index is 10.2. The van der Waals surface area contributed by atoms with Gasteiger partial charge in [0.1, 0.15) is 0 Å². The molecule has 1 N–H and O–H groups in total. The number of rotatable bonds is 6. The lowest BCUT2D eigenvalue weighted by atomic mass is 9.70. The van der Waals surface area contributed by atoms with Crippen molar-refractivity contribution in [3.63, 3.8) is 0 Å². The van der Waals surface area contributed by atoms with E-state index < -0.39 is 0 Å². The summed E-state index contributed by atoms with van der Waals surface area (Å²) < 4.78 is 0. The van der Waals surface area contributed by atoms with Crippen LogP contribution in [0.15, 0.2) is 34.9 Å². The Balaban J connectivity index is 3.19. The monoisotopic (exact) mass is 304 g/mol. The van der Waals surface area contributed by atoms with Crippen LogP contribution in [0.3, 0.4) is 0 Å². The standard InChI is InChI=1S/C21H36O/c1-8-10-12-21(6,7)17(5)16(4)20-14-18(22)13-15(3)19(20)11-9-2/h8,10,14-15,18-19,22H,9,11-13H2,1-7H3/b10-8+,17-16+/t15-,18-,19?/m1/s1. The number of allylic oxidation sites excluding steroid dienone is 5. The Morgan fingerprint density at radius 2 is 2.00 bits per heavy atom. The highest BCUT2D eigenvalue weighted by Gasteiger charge is 2.30. The minimum atomic E-state index is -0.278. The van der Waals surface area contributed by atoms with Crippen LogP contribution in [0.5, 0.6) is 0 Å². The van der Waals surface area contributed by atoms with Crippen LogP contribution in [-0.2, 0) is 0 Å². The molecule has 0 fully saturated rings. The van der Waals surface area contributed by atoms with Crippen LogP contribution >= 0.6 is 0 Å². The van der Waals surface area contributed by atoms with Crippen molar-refractivity contribution in [2.45, 2.75) is 80.3 Å². The van der Waals surface area contributed by atoms with Crippen LogP contribution in [0, 0.1) is 17.3 Å². The van der Waals surface area contributed by atoms with Gasteiger partial charge in [-0.25, -0.2) is 0 Å². The second kappa shape index (κ2) is 8.15. The van der Waals surface area contributed by atoms with Crippen molar-refractivity contribution in [3.05, 3.63) is 34.9 Å². The Kier molecular flexibility index (Phi) is 7.12. The van der Waals surface area contributed by atoms with E-state index in [4.69, 9.17) is 0 Å². The molecule has 0 aliphatic heterocycles. The third-order valence-corrected chi connectivity index (χ3v) is 5.55. The van der Waals surface area contributed by atoms with Crippen LogP contribution in [0.25, 0.3) is 0 Å². The first-order valence-corrected chi connectivity index (χ1v) is 8.93. The summed E-state index contributed by atoms with van der Waals surface area (Å²) in [4.78, 5) is 0. The lowest BCUT2D eigenvalue weighted by Gasteiger charge is -2.36. The van der Waals surface area contributed by atoms with Crippen molar-refractivity contribution in [3.8, 4) is 0 Å². The predicted octanol–water partition coefficient (Wildman–Crippen LogP) is 6.06. The van der Waals surface area contributed by atoms with Gasteiger partial charge in [0.05, 0.1) is 6.10 Å². The molecule has 0 spiro atoms. The Bertz CT molecular complexity index is 451. The van der Waals surface area contributed by atoms with E-state index >= 15 is 0 Å². The van der Waals surface area contributed by atoms with Gasteiger partial charge in [0.25, 0.3) is 0 Å². The lowest BCUT2D eigenvalue weighted by Crippen LogP contribution is -2.27. The molecule has 1 nitrogen and oxygen atoms in total. The quantitative estimate of drug-likeness (QED) is 0.591. The van der Waals surface area contributed by atoms with E-state index in [1.165, 1.54) is 29.6 Å². The van der Waals surface area contributed by atoms with E-state index in [9.17, 15) is 5.11 Å². The fourth-order valence-corrected chi connectivity index (χ4v) is 3.69. The molecule has 126 valence electrons. The van der Waals surface area contributed by atoms with E-state index in [0.29, 0.717) is 11.8 Å². The van der Waals surface area contributed by atoms with Gasteiger partial charge in [-0.3, -0.25) is 0 Å². The number of hydrogen-bond donors (Lipinski definition) is 1. The fraction of sp³-hybridized carbons (Fsp3) is 0.714. The molecule has 0 amide bonds. The molecule has 1 aliphatic rings. The summed E-state index contributed by atoms with van der Waals surface area (Å²) in [6.45, 7) is 15.8. The zero-order valence-corrected chi connectivity index (χ0v) is 15.7. The Labute approximate surface area is 138 Å². The van der Waals surface area contributed by atoms with Gasteiger partial charge in [-0.05, 0) is 68.4 Å². The van der Waals surface area contributed by atoms with E-state index in [0.717, 1.165) is 12.8 Å². The second-order valence-electron chi connectivity index (χ2n) is 7.70. The summed E-state index contributed by atoms with van der Waals surface area (Å²) in [5.74, 6) is 1.16. The zero-order chi connectivity index (χ0) is 16.9. The van der Waals surface area contributed by atoms with Gasteiger partial charge in [0, 0.05) is 0 Å². The normalized spacial score (nSPS) is 27.8. The van der Waals surface area contributed by atoms with Crippen molar-refractivity contribution in [1.82, 2.24) is 0 Å². The van der Waals surface area contributed by atoms with Crippen molar-refractivity contribution in [1.29, 1.82) is 0 Å². The van der Waals surface area contributed by atoms with Gasteiger partial charge in [0.15, 0.2) is 0 Å². The molecule has 0 saturated carbocycles. The molecule has 0 radical (unpaired) electrons. The molecule has 0 saturated heterocycles. The van der Waals surface area contributed by atoms with Crippen LogP contribution in [-0.4, -0.2) is 11.2 Å². The maximum atomic E-state index is 10.2. The summed E-state index contributed by atoms with van der Waals surface area (Å²) in [5.41, 5.74) is 4.43. The molecular weight excluding hydrogens is 268 g/mol. The Morgan fingerprint density at radius 1 is 1.36 bits per heavy atom. The predicted molar refractivity (Wildman–Crippen MR) is 97.9 cm³/mol. The summed E-state index contributed by atoms with van der Waals surface area (Å²) in [6, 6.07) is 0. The summed E-state index contributed by atoms with van der Waals surface area (Å²) in [5, 5.41) is 10.2. The van der Waals surface area contributed by atoms with E-state index in [1.807, 2.05) is 0 Å². The lowest BCUT2D eigenvalue weighted by molar-refractivity contribution is 0.158. The molecule has 1 heteroatoms. The highest BCUT2D eigenvalue weighted by atomic mass is 16.3. The smallest absolute Gasteiger partial charge is 0.0729 e. The zero-order valence-electron chi connectivity index (χ0n) is 15.7. The van der Waals surface area contributed by atoms with Gasteiger partial charge < -0.3 is 5.11 Å².